The Labute approximate surface area is 155 Å². The Morgan fingerprint density at radius 2 is 1.77 bits per heavy atom. The number of nitrogens with zero attached hydrogens (tertiary/aromatic N) is 3. The van der Waals surface area contributed by atoms with Crippen LogP contribution in [0.5, 0.6) is 0 Å². The van der Waals surface area contributed by atoms with Crippen LogP contribution in [0.4, 0.5) is 0 Å². The molecule has 0 radical (unpaired) electrons. The minimum Gasteiger partial charge on any atom is -0.351 e. The molecule has 0 atom stereocenters. The van der Waals surface area contributed by atoms with Gasteiger partial charge in [-0.25, -0.2) is 0 Å². The summed E-state index contributed by atoms with van der Waals surface area (Å²) in [5.41, 5.74) is 2.31. The number of hydrogen-bond acceptors (Lipinski definition) is 4. The van der Waals surface area contributed by atoms with Gasteiger partial charge in [-0.15, -0.1) is 0 Å². The number of rotatable bonds is 4. The third kappa shape index (κ3) is 3.98. The van der Waals surface area contributed by atoms with Crippen LogP contribution in [-0.4, -0.2) is 47.0 Å². The Bertz CT molecular complexity index is 714. The molecule has 2 aromatic rings. The first-order valence-electron chi connectivity index (χ1n) is 9.82. The number of amides is 1. The highest BCUT2D eigenvalue weighted by Gasteiger charge is 2.27. The molecule has 138 valence electrons. The molecule has 2 saturated heterocycles. The average Bonchev–Trinajstić information content (AvgIpc) is 3.20. The number of hydrogen-bond donors (Lipinski definition) is 0. The maximum atomic E-state index is 12.5. The fourth-order valence-electron chi connectivity index (χ4n) is 4.06. The lowest BCUT2D eigenvalue weighted by molar-refractivity contribution is 0.0682. The van der Waals surface area contributed by atoms with Crippen molar-refractivity contribution >= 4 is 5.91 Å². The number of benzene rings is 1. The second-order valence-electron chi connectivity index (χ2n) is 7.50. The van der Waals surface area contributed by atoms with Gasteiger partial charge in [-0.3, -0.25) is 9.69 Å². The van der Waals surface area contributed by atoms with Crippen molar-refractivity contribution in [2.75, 3.05) is 26.2 Å². The van der Waals surface area contributed by atoms with Gasteiger partial charge in [0.15, 0.2) is 0 Å². The normalized spacial score (nSPS) is 19.6. The summed E-state index contributed by atoms with van der Waals surface area (Å²) < 4.78 is 5.40. The molecule has 0 aliphatic carbocycles. The van der Waals surface area contributed by atoms with E-state index in [0.717, 1.165) is 64.1 Å². The molecule has 0 bridgehead atoms. The summed E-state index contributed by atoms with van der Waals surface area (Å²) in [6, 6.07) is 12.5. The minimum absolute atomic E-state index is 0.00460. The molecular weight excluding hydrogens is 326 g/mol. The summed E-state index contributed by atoms with van der Waals surface area (Å²) >= 11 is 0. The third-order valence-corrected chi connectivity index (χ3v) is 5.64. The first-order chi connectivity index (χ1) is 12.8. The molecule has 3 heterocycles. The van der Waals surface area contributed by atoms with Crippen molar-refractivity contribution in [3.8, 4) is 0 Å². The average molecular weight is 353 g/mol. The molecule has 1 aromatic carbocycles. The Balaban J connectivity index is 1.32. The van der Waals surface area contributed by atoms with E-state index >= 15 is 0 Å². The predicted octanol–water partition coefficient (Wildman–Crippen LogP) is 3.68. The number of piperidine rings is 2. The molecule has 0 spiro atoms. The van der Waals surface area contributed by atoms with E-state index in [4.69, 9.17) is 4.52 Å². The molecule has 0 unspecified atom stereocenters. The van der Waals surface area contributed by atoms with E-state index in [1.54, 1.807) is 0 Å². The fourth-order valence-corrected chi connectivity index (χ4v) is 4.06. The molecule has 1 aromatic heterocycles. The van der Waals surface area contributed by atoms with E-state index in [9.17, 15) is 4.79 Å². The van der Waals surface area contributed by atoms with Crippen molar-refractivity contribution in [1.29, 1.82) is 0 Å². The first kappa shape index (κ1) is 17.3. The lowest BCUT2D eigenvalue weighted by Gasteiger charge is -2.31. The quantitative estimate of drug-likeness (QED) is 0.841. The summed E-state index contributed by atoms with van der Waals surface area (Å²) in [4.78, 5) is 16.9. The highest BCUT2D eigenvalue weighted by atomic mass is 16.5. The SMILES string of the molecule is O=C(c1cc(C2CCN(Cc3ccccc3)CC2)no1)N1CCCCC1. The molecule has 5 heteroatoms. The van der Waals surface area contributed by atoms with Gasteiger partial charge in [-0.1, -0.05) is 35.5 Å². The highest BCUT2D eigenvalue weighted by molar-refractivity contribution is 5.91. The number of carbonyl (C=O) groups excluding carboxylic acids is 1. The maximum Gasteiger partial charge on any atom is 0.292 e. The Morgan fingerprint density at radius 1 is 1.04 bits per heavy atom. The van der Waals surface area contributed by atoms with Gasteiger partial charge in [0.2, 0.25) is 5.76 Å². The molecule has 0 saturated carbocycles. The van der Waals surface area contributed by atoms with Gasteiger partial charge in [0.1, 0.15) is 0 Å². The molecular formula is C21H27N3O2. The topological polar surface area (TPSA) is 49.6 Å². The van der Waals surface area contributed by atoms with Crippen molar-refractivity contribution in [2.45, 2.75) is 44.6 Å². The first-order valence-corrected chi connectivity index (χ1v) is 9.82. The zero-order valence-corrected chi connectivity index (χ0v) is 15.3. The zero-order chi connectivity index (χ0) is 17.8. The predicted molar refractivity (Wildman–Crippen MR) is 100.0 cm³/mol. The number of carbonyl (C=O) groups is 1. The van der Waals surface area contributed by atoms with Gasteiger partial charge in [-0.05, 0) is 50.8 Å². The molecule has 2 aliphatic rings. The van der Waals surface area contributed by atoms with E-state index < -0.39 is 0 Å². The summed E-state index contributed by atoms with van der Waals surface area (Å²) in [6.07, 6.45) is 5.53. The largest absolute Gasteiger partial charge is 0.351 e. The molecule has 4 rings (SSSR count). The second kappa shape index (κ2) is 8.04. The third-order valence-electron chi connectivity index (χ3n) is 5.64. The molecule has 2 fully saturated rings. The summed E-state index contributed by atoms with van der Waals surface area (Å²) in [7, 11) is 0. The van der Waals surface area contributed by atoms with Gasteiger partial charge >= 0.3 is 0 Å². The standard InChI is InChI=1S/C21H27N3O2/c25-21(24-11-5-2-6-12-24)20-15-19(22-26-20)18-9-13-23(14-10-18)16-17-7-3-1-4-8-17/h1,3-4,7-8,15,18H,2,5-6,9-14,16H2. The van der Waals surface area contributed by atoms with Crippen molar-refractivity contribution < 1.29 is 9.32 Å². The highest BCUT2D eigenvalue weighted by Crippen LogP contribution is 2.29. The van der Waals surface area contributed by atoms with Crippen LogP contribution in [0.25, 0.3) is 0 Å². The zero-order valence-electron chi connectivity index (χ0n) is 15.3. The minimum atomic E-state index is 0.00460. The lowest BCUT2D eigenvalue weighted by Crippen LogP contribution is -2.35. The van der Waals surface area contributed by atoms with Crippen LogP contribution in [0.2, 0.25) is 0 Å². The van der Waals surface area contributed by atoms with E-state index in [2.05, 4.69) is 40.4 Å². The van der Waals surface area contributed by atoms with Crippen LogP contribution in [0.15, 0.2) is 40.9 Å². The number of aromatic nitrogens is 1. The van der Waals surface area contributed by atoms with Crippen LogP contribution in [-0.2, 0) is 6.54 Å². The van der Waals surface area contributed by atoms with Crippen molar-refractivity contribution in [3.63, 3.8) is 0 Å². The summed E-state index contributed by atoms with van der Waals surface area (Å²) in [6.45, 7) is 4.80. The van der Waals surface area contributed by atoms with Crippen LogP contribution >= 0.6 is 0 Å². The van der Waals surface area contributed by atoms with Crippen molar-refractivity contribution in [1.82, 2.24) is 15.0 Å². The van der Waals surface area contributed by atoms with Crippen LogP contribution in [0, 0.1) is 0 Å². The molecule has 0 N–H and O–H groups in total. The van der Waals surface area contributed by atoms with Crippen molar-refractivity contribution in [2.24, 2.45) is 0 Å². The molecule has 2 aliphatic heterocycles. The maximum absolute atomic E-state index is 12.5. The van der Waals surface area contributed by atoms with Crippen LogP contribution in [0.3, 0.4) is 0 Å². The lowest BCUT2D eigenvalue weighted by atomic mass is 9.93. The monoisotopic (exact) mass is 353 g/mol. The van der Waals surface area contributed by atoms with Gasteiger partial charge in [0, 0.05) is 31.6 Å². The van der Waals surface area contributed by atoms with Gasteiger partial charge in [0.05, 0.1) is 5.69 Å². The summed E-state index contributed by atoms with van der Waals surface area (Å²) in [5, 5.41) is 4.22. The smallest absolute Gasteiger partial charge is 0.292 e. The molecule has 5 nitrogen and oxygen atoms in total. The van der Waals surface area contributed by atoms with Gasteiger partial charge < -0.3 is 9.42 Å². The van der Waals surface area contributed by atoms with Crippen molar-refractivity contribution in [3.05, 3.63) is 53.4 Å². The molecule has 26 heavy (non-hydrogen) atoms. The van der Waals surface area contributed by atoms with E-state index in [1.165, 1.54) is 12.0 Å². The fraction of sp³-hybridized carbons (Fsp3) is 0.524. The molecule has 1 amide bonds. The Morgan fingerprint density at radius 3 is 2.50 bits per heavy atom. The Kier molecular flexibility index (Phi) is 5.34. The van der Waals surface area contributed by atoms with Gasteiger partial charge in [-0.2, -0.15) is 0 Å². The Hall–Kier alpha value is -2.14. The second-order valence-corrected chi connectivity index (χ2v) is 7.50. The van der Waals surface area contributed by atoms with Gasteiger partial charge in [0.25, 0.3) is 5.91 Å². The van der Waals surface area contributed by atoms with E-state index in [1.807, 2.05) is 11.0 Å². The van der Waals surface area contributed by atoms with E-state index in [-0.39, 0.29) is 5.91 Å². The van der Waals surface area contributed by atoms with Crippen LogP contribution < -0.4 is 0 Å². The van der Waals surface area contributed by atoms with E-state index in [0.29, 0.717) is 11.7 Å². The number of likely N-dealkylation sites (tertiary alicyclic amines) is 2. The van der Waals surface area contributed by atoms with Crippen LogP contribution in [0.1, 0.15) is 59.8 Å². The summed E-state index contributed by atoms with van der Waals surface area (Å²) in [5.74, 6) is 0.812.